The summed E-state index contributed by atoms with van der Waals surface area (Å²) in [5, 5.41) is 0.622. The average molecular weight is 272 g/mol. The van der Waals surface area contributed by atoms with Gasteiger partial charge in [-0.15, -0.1) is 0 Å². The fourth-order valence-electron chi connectivity index (χ4n) is 1.51. The zero-order valence-electron chi connectivity index (χ0n) is 10.9. The minimum absolute atomic E-state index is 0.0705. The number of carbonyl (C=O) groups is 1. The minimum Gasteiger partial charge on any atom is -0.496 e. The molecular weight excluding hydrogens is 254 g/mol. The van der Waals surface area contributed by atoms with Gasteiger partial charge in [-0.05, 0) is 25.1 Å². The number of amides is 1. The molecule has 5 heteroatoms. The average Bonchev–Trinajstić information content (AvgIpc) is 2.36. The monoisotopic (exact) mass is 271 g/mol. The highest BCUT2D eigenvalue weighted by atomic mass is 35.5. The van der Waals surface area contributed by atoms with Crippen molar-refractivity contribution in [1.29, 1.82) is 0 Å². The maximum Gasteiger partial charge on any atom is 0.248 e. The molecule has 0 N–H and O–H groups in total. The Morgan fingerprint density at radius 3 is 2.78 bits per heavy atom. The quantitative estimate of drug-likeness (QED) is 0.797. The molecular formula is C13H18ClNO3. The number of methoxy groups -OCH3 is 1. The van der Waals surface area contributed by atoms with E-state index in [9.17, 15) is 4.79 Å². The highest BCUT2D eigenvalue weighted by Crippen LogP contribution is 2.23. The second kappa shape index (κ2) is 7.24. The molecule has 1 aromatic carbocycles. The summed E-state index contributed by atoms with van der Waals surface area (Å²) < 4.78 is 10.3. The SMILES string of the molecule is CCOCC(=O)N(C)Cc1cc(Cl)ccc1OC. The molecule has 0 aliphatic carbocycles. The van der Waals surface area contributed by atoms with E-state index in [0.717, 1.165) is 11.3 Å². The second-order valence-electron chi connectivity index (χ2n) is 3.84. The first-order chi connectivity index (χ1) is 8.58. The number of likely N-dealkylation sites (N-methyl/N-ethyl adjacent to an activating group) is 1. The Hall–Kier alpha value is -1.26. The van der Waals surface area contributed by atoms with Crippen molar-refractivity contribution in [2.24, 2.45) is 0 Å². The van der Waals surface area contributed by atoms with Crippen LogP contribution in [-0.4, -0.2) is 38.2 Å². The molecule has 1 rings (SSSR count). The summed E-state index contributed by atoms with van der Waals surface area (Å²) >= 11 is 5.94. The Labute approximate surface area is 112 Å². The van der Waals surface area contributed by atoms with Crippen LogP contribution in [-0.2, 0) is 16.1 Å². The molecule has 0 saturated carbocycles. The maximum atomic E-state index is 11.7. The van der Waals surface area contributed by atoms with Crippen LogP contribution >= 0.6 is 11.6 Å². The molecule has 100 valence electrons. The third kappa shape index (κ3) is 4.20. The highest BCUT2D eigenvalue weighted by molar-refractivity contribution is 6.30. The van der Waals surface area contributed by atoms with E-state index in [4.69, 9.17) is 21.1 Å². The Kier molecular flexibility index (Phi) is 5.95. The lowest BCUT2D eigenvalue weighted by Crippen LogP contribution is -2.30. The normalized spacial score (nSPS) is 10.2. The van der Waals surface area contributed by atoms with Crippen LogP contribution in [0.4, 0.5) is 0 Å². The van der Waals surface area contributed by atoms with E-state index in [-0.39, 0.29) is 12.5 Å². The molecule has 0 heterocycles. The largest absolute Gasteiger partial charge is 0.496 e. The first-order valence-electron chi connectivity index (χ1n) is 5.72. The molecule has 0 aliphatic rings. The fraction of sp³-hybridized carbons (Fsp3) is 0.462. The third-order valence-corrected chi connectivity index (χ3v) is 2.74. The van der Waals surface area contributed by atoms with Crippen molar-refractivity contribution in [2.75, 3.05) is 27.4 Å². The van der Waals surface area contributed by atoms with Gasteiger partial charge >= 0.3 is 0 Å². The Morgan fingerprint density at radius 2 is 2.17 bits per heavy atom. The Morgan fingerprint density at radius 1 is 1.44 bits per heavy atom. The van der Waals surface area contributed by atoms with E-state index in [1.165, 1.54) is 0 Å². The Balaban J connectivity index is 2.71. The lowest BCUT2D eigenvalue weighted by Gasteiger charge is -2.19. The van der Waals surface area contributed by atoms with E-state index in [0.29, 0.717) is 18.2 Å². The van der Waals surface area contributed by atoms with Crippen LogP contribution < -0.4 is 4.74 Å². The summed E-state index contributed by atoms with van der Waals surface area (Å²) in [7, 11) is 3.32. The number of benzene rings is 1. The topological polar surface area (TPSA) is 38.8 Å². The van der Waals surface area contributed by atoms with Crippen molar-refractivity contribution < 1.29 is 14.3 Å². The molecule has 18 heavy (non-hydrogen) atoms. The summed E-state index contributed by atoms with van der Waals surface area (Å²) in [6.07, 6.45) is 0. The molecule has 0 aliphatic heterocycles. The molecule has 0 aromatic heterocycles. The number of ether oxygens (including phenoxy) is 2. The Bertz CT molecular complexity index is 409. The summed E-state index contributed by atoms with van der Waals surface area (Å²) in [6, 6.07) is 5.34. The van der Waals surface area contributed by atoms with Gasteiger partial charge in [-0.2, -0.15) is 0 Å². The maximum absolute atomic E-state index is 11.7. The second-order valence-corrected chi connectivity index (χ2v) is 4.28. The molecule has 0 fully saturated rings. The third-order valence-electron chi connectivity index (χ3n) is 2.51. The van der Waals surface area contributed by atoms with Gasteiger partial charge < -0.3 is 14.4 Å². The zero-order chi connectivity index (χ0) is 13.5. The van der Waals surface area contributed by atoms with Crippen molar-refractivity contribution >= 4 is 17.5 Å². The van der Waals surface area contributed by atoms with Crippen molar-refractivity contribution in [1.82, 2.24) is 4.90 Å². The molecule has 1 amide bonds. The van der Waals surface area contributed by atoms with Crippen LogP contribution in [0.3, 0.4) is 0 Å². The minimum atomic E-state index is -0.0705. The van der Waals surface area contributed by atoms with E-state index in [2.05, 4.69) is 0 Å². The zero-order valence-corrected chi connectivity index (χ0v) is 11.7. The first-order valence-corrected chi connectivity index (χ1v) is 6.10. The smallest absolute Gasteiger partial charge is 0.248 e. The highest BCUT2D eigenvalue weighted by Gasteiger charge is 2.12. The van der Waals surface area contributed by atoms with Crippen LogP contribution in [0.15, 0.2) is 18.2 Å². The fourth-order valence-corrected chi connectivity index (χ4v) is 1.71. The van der Waals surface area contributed by atoms with E-state index in [1.807, 2.05) is 6.92 Å². The molecule has 0 bridgehead atoms. The van der Waals surface area contributed by atoms with Crippen LogP contribution in [0.25, 0.3) is 0 Å². The van der Waals surface area contributed by atoms with Gasteiger partial charge in [0.1, 0.15) is 12.4 Å². The van der Waals surface area contributed by atoms with Gasteiger partial charge in [0.05, 0.1) is 7.11 Å². The number of carbonyl (C=O) groups excluding carboxylic acids is 1. The number of hydrogen-bond donors (Lipinski definition) is 0. The molecule has 0 radical (unpaired) electrons. The van der Waals surface area contributed by atoms with Crippen molar-refractivity contribution in [3.8, 4) is 5.75 Å². The van der Waals surface area contributed by atoms with Crippen LogP contribution in [0, 0.1) is 0 Å². The van der Waals surface area contributed by atoms with Gasteiger partial charge in [0.25, 0.3) is 0 Å². The lowest BCUT2D eigenvalue weighted by atomic mass is 10.2. The lowest BCUT2D eigenvalue weighted by molar-refractivity contribution is -0.135. The molecule has 4 nitrogen and oxygen atoms in total. The summed E-state index contributed by atoms with van der Waals surface area (Å²) in [5.41, 5.74) is 0.873. The molecule has 0 spiro atoms. The van der Waals surface area contributed by atoms with E-state index < -0.39 is 0 Å². The predicted octanol–water partition coefficient (Wildman–Crippen LogP) is 2.34. The van der Waals surface area contributed by atoms with Gasteiger partial charge in [-0.25, -0.2) is 0 Å². The number of hydrogen-bond acceptors (Lipinski definition) is 3. The van der Waals surface area contributed by atoms with E-state index in [1.54, 1.807) is 37.3 Å². The summed E-state index contributed by atoms with van der Waals surface area (Å²) in [4.78, 5) is 13.3. The molecule has 0 unspecified atom stereocenters. The van der Waals surface area contributed by atoms with Crippen LogP contribution in [0.5, 0.6) is 5.75 Å². The van der Waals surface area contributed by atoms with Gasteiger partial charge in [-0.1, -0.05) is 11.6 Å². The van der Waals surface area contributed by atoms with Crippen molar-refractivity contribution in [3.05, 3.63) is 28.8 Å². The van der Waals surface area contributed by atoms with Gasteiger partial charge in [0, 0.05) is 30.8 Å². The van der Waals surface area contributed by atoms with Crippen LogP contribution in [0.2, 0.25) is 5.02 Å². The van der Waals surface area contributed by atoms with Crippen molar-refractivity contribution in [2.45, 2.75) is 13.5 Å². The number of halogens is 1. The van der Waals surface area contributed by atoms with Crippen LogP contribution in [0.1, 0.15) is 12.5 Å². The number of nitrogens with zero attached hydrogens (tertiary/aromatic N) is 1. The molecule has 1 aromatic rings. The standard InChI is InChI=1S/C13H18ClNO3/c1-4-18-9-13(16)15(2)8-10-7-11(14)5-6-12(10)17-3/h5-7H,4,8-9H2,1-3H3. The van der Waals surface area contributed by atoms with Gasteiger partial charge in [0.2, 0.25) is 5.91 Å². The predicted molar refractivity (Wildman–Crippen MR) is 71.0 cm³/mol. The van der Waals surface area contributed by atoms with Crippen molar-refractivity contribution in [3.63, 3.8) is 0 Å². The summed E-state index contributed by atoms with van der Waals surface area (Å²) in [6.45, 7) is 2.92. The number of rotatable bonds is 6. The first kappa shape index (κ1) is 14.8. The molecule has 0 atom stereocenters. The molecule has 0 saturated heterocycles. The summed E-state index contributed by atoms with van der Waals surface area (Å²) in [5.74, 6) is 0.648. The van der Waals surface area contributed by atoms with Gasteiger partial charge in [-0.3, -0.25) is 4.79 Å². The van der Waals surface area contributed by atoms with Gasteiger partial charge in [0.15, 0.2) is 0 Å². The van der Waals surface area contributed by atoms with E-state index >= 15 is 0 Å².